The quantitative estimate of drug-likeness (QED) is 0.902. The van der Waals surface area contributed by atoms with Crippen molar-refractivity contribution in [1.82, 2.24) is 10.5 Å². The SMILES string of the molecule is Cc1cc(CNC(C)c2ccc(C)c(F)c2)on1. The molecule has 0 amide bonds. The summed E-state index contributed by atoms with van der Waals surface area (Å²) in [5.74, 6) is 0.614. The number of aryl methyl sites for hydroxylation is 2. The zero-order valence-electron chi connectivity index (χ0n) is 10.8. The molecule has 1 aromatic heterocycles. The highest BCUT2D eigenvalue weighted by atomic mass is 19.1. The van der Waals surface area contributed by atoms with Crippen LogP contribution in [-0.4, -0.2) is 5.16 Å². The molecule has 2 aromatic rings. The van der Waals surface area contributed by atoms with E-state index in [1.165, 1.54) is 0 Å². The van der Waals surface area contributed by atoms with Gasteiger partial charge in [0.15, 0.2) is 5.76 Å². The van der Waals surface area contributed by atoms with Crippen molar-refractivity contribution < 1.29 is 8.91 Å². The molecular weight excluding hydrogens is 231 g/mol. The summed E-state index contributed by atoms with van der Waals surface area (Å²) in [5.41, 5.74) is 2.45. The number of nitrogens with zero attached hydrogens (tertiary/aromatic N) is 1. The largest absolute Gasteiger partial charge is 0.360 e. The van der Waals surface area contributed by atoms with Crippen molar-refractivity contribution in [2.75, 3.05) is 0 Å². The molecule has 0 bridgehead atoms. The Kier molecular flexibility index (Phi) is 3.77. The van der Waals surface area contributed by atoms with Crippen molar-refractivity contribution in [2.45, 2.75) is 33.4 Å². The molecular formula is C14H17FN2O. The van der Waals surface area contributed by atoms with E-state index in [0.717, 1.165) is 17.0 Å². The van der Waals surface area contributed by atoms with Gasteiger partial charge in [0.2, 0.25) is 0 Å². The van der Waals surface area contributed by atoms with Crippen LogP contribution in [-0.2, 0) is 6.54 Å². The molecule has 0 aliphatic heterocycles. The first-order chi connectivity index (χ1) is 8.56. The molecule has 0 saturated carbocycles. The second-order valence-electron chi connectivity index (χ2n) is 4.55. The van der Waals surface area contributed by atoms with Gasteiger partial charge in [-0.2, -0.15) is 0 Å². The summed E-state index contributed by atoms with van der Waals surface area (Å²) in [4.78, 5) is 0. The lowest BCUT2D eigenvalue weighted by atomic mass is 10.1. The van der Waals surface area contributed by atoms with Gasteiger partial charge >= 0.3 is 0 Å². The molecule has 0 aliphatic carbocycles. The second-order valence-corrected chi connectivity index (χ2v) is 4.55. The summed E-state index contributed by atoms with van der Waals surface area (Å²) in [6.45, 7) is 6.21. The maximum Gasteiger partial charge on any atom is 0.150 e. The molecule has 0 spiro atoms. The molecule has 96 valence electrons. The van der Waals surface area contributed by atoms with Crippen LogP contribution in [0, 0.1) is 19.7 Å². The van der Waals surface area contributed by atoms with Crippen molar-refractivity contribution in [3.63, 3.8) is 0 Å². The Bertz CT molecular complexity index is 536. The third kappa shape index (κ3) is 2.96. The molecule has 1 N–H and O–H groups in total. The average molecular weight is 248 g/mol. The van der Waals surface area contributed by atoms with E-state index < -0.39 is 0 Å². The first kappa shape index (κ1) is 12.8. The van der Waals surface area contributed by atoms with E-state index in [0.29, 0.717) is 12.1 Å². The van der Waals surface area contributed by atoms with Gasteiger partial charge in [-0.3, -0.25) is 0 Å². The topological polar surface area (TPSA) is 38.1 Å². The predicted octanol–water partition coefficient (Wildman–Crippen LogP) is 3.28. The smallest absolute Gasteiger partial charge is 0.150 e. The summed E-state index contributed by atoms with van der Waals surface area (Å²) in [6, 6.07) is 7.24. The molecule has 3 nitrogen and oxygen atoms in total. The van der Waals surface area contributed by atoms with Crippen molar-refractivity contribution in [1.29, 1.82) is 0 Å². The van der Waals surface area contributed by atoms with Gasteiger partial charge in [-0.05, 0) is 38.0 Å². The molecule has 0 radical (unpaired) electrons. The van der Waals surface area contributed by atoms with Gasteiger partial charge in [0.25, 0.3) is 0 Å². The third-order valence-corrected chi connectivity index (χ3v) is 2.96. The molecule has 0 saturated heterocycles. The molecule has 2 rings (SSSR count). The lowest BCUT2D eigenvalue weighted by molar-refractivity contribution is 0.363. The Hall–Kier alpha value is -1.68. The van der Waals surface area contributed by atoms with Crippen LogP contribution >= 0.6 is 0 Å². The fraction of sp³-hybridized carbons (Fsp3) is 0.357. The number of hydrogen-bond acceptors (Lipinski definition) is 3. The zero-order valence-corrected chi connectivity index (χ0v) is 10.8. The van der Waals surface area contributed by atoms with Crippen molar-refractivity contribution in [3.05, 3.63) is 52.7 Å². The van der Waals surface area contributed by atoms with Crippen LogP contribution in [0.2, 0.25) is 0 Å². The number of nitrogens with one attached hydrogen (secondary N) is 1. The van der Waals surface area contributed by atoms with Gasteiger partial charge in [-0.15, -0.1) is 0 Å². The maximum atomic E-state index is 13.4. The monoisotopic (exact) mass is 248 g/mol. The normalized spacial score (nSPS) is 12.7. The summed E-state index contributed by atoms with van der Waals surface area (Å²) in [7, 11) is 0. The van der Waals surface area contributed by atoms with Gasteiger partial charge < -0.3 is 9.84 Å². The van der Waals surface area contributed by atoms with E-state index in [1.807, 2.05) is 26.0 Å². The summed E-state index contributed by atoms with van der Waals surface area (Å²) in [6.07, 6.45) is 0. The third-order valence-electron chi connectivity index (χ3n) is 2.96. The molecule has 4 heteroatoms. The first-order valence-electron chi connectivity index (χ1n) is 5.98. The highest BCUT2D eigenvalue weighted by Gasteiger charge is 2.08. The van der Waals surface area contributed by atoms with Crippen molar-refractivity contribution >= 4 is 0 Å². The van der Waals surface area contributed by atoms with Crippen molar-refractivity contribution in [3.8, 4) is 0 Å². The number of rotatable bonds is 4. The fourth-order valence-corrected chi connectivity index (χ4v) is 1.75. The Morgan fingerprint density at radius 2 is 2.11 bits per heavy atom. The van der Waals surface area contributed by atoms with E-state index in [9.17, 15) is 4.39 Å². The van der Waals surface area contributed by atoms with E-state index >= 15 is 0 Å². The second kappa shape index (κ2) is 5.31. The minimum atomic E-state index is -0.170. The first-order valence-corrected chi connectivity index (χ1v) is 5.98. The van der Waals surface area contributed by atoms with Crippen LogP contribution in [0.4, 0.5) is 4.39 Å². The Morgan fingerprint density at radius 3 is 2.72 bits per heavy atom. The number of benzene rings is 1. The van der Waals surface area contributed by atoms with Crippen LogP contribution in [0.1, 0.15) is 35.5 Å². The number of aromatic nitrogens is 1. The molecule has 18 heavy (non-hydrogen) atoms. The predicted molar refractivity (Wildman–Crippen MR) is 67.6 cm³/mol. The van der Waals surface area contributed by atoms with Crippen LogP contribution in [0.25, 0.3) is 0 Å². The Balaban J connectivity index is 1.99. The molecule has 1 unspecified atom stereocenters. The Labute approximate surface area is 106 Å². The van der Waals surface area contributed by atoms with Gasteiger partial charge in [0.1, 0.15) is 5.82 Å². The Morgan fingerprint density at radius 1 is 1.33 bits per heavy atom. The minimum Gasteiger partial charge on any atom is -0.360 e. The minimum absolute atomic E-state index is 0.0607. The molecule has 0 aliphatic rings. The summed E-state index contributed by atoms with van der Waals surface area (Å²) < 4.78 is 18.6. The lowest BCUT2D eigenvalue weighted by Gasteiger charge is -2.13. The van der Waals surface area contributed by atoms with Gasteiger partial charge in [-0.1, -0.05) is 17.3 Å². The van der Waals surface area contributed by atoms with Crippen molar-refractivity contribution in [2.24, 2.45) is 0 Å². The maximum absolute atomic E-state index is 13.4. The average Bonchev–Trinajstić information content (AvgIpc) is 2.75. The van der Waals surface area contributed by atoms with Crippen LogP contribution in [0.3, 0.4) is 0 Å². The van der Waals surface area contributed by atoms with E-state index in [2.05, 4.69) is 10.5 Å². The summed E-state index contributed by atoms with van der Waals surface area (Å²) >= 11 is 0. The van der Waals surface area contributed by atoms with Gasteiger partial charge in [0, 0.05) is 12.1 Å². The van der Waals surface area contributed by atoms with E-state index in [1.54, 1.807) is 19.1 Å². The fourth-order valence-electron chi connectivity index (χ4n) is 1.75. The van der Waals surface area contributed by atoms with Gasteiger partial charge in [0.05, 0.1) is 12.2 Å². The summed E-state index contributed by atoms with van der Waals surface area (Å²) in [5, 5.41) is 7.09. The van der Waals surface area contributed by atoms with Crippen LogP contribution in [0.5, 0.6) is 0 Å². The number of halogens is 1. The van der Waals surface area contributed by atoms with Crippen LogP contribution < -0.4 is 5.32 Å². The standard InChI is InChI=1S/C14H17FN2O/c1-9-4-5-12(7-14(9)15)11(3)16-8-13-6-10(2)17-18-13/h4-7,11,16H,8H2,1-3H3. The highest BCUT2D eigenvalue weighted by molar-refractivity contribution is 5.25. The van der Waals surface area contributed by atoms with Gasteiger partial charge in [-0.25, -0.2) is 4.39 Å². The van der Waals surface area contributed by atoms with E-state index in [4.69, 9.17) is 4.52 Å². The molecule has 1 aromatic carbocycles. The molecule has 0 fully saturated rings. The molecule has 1 atom stereocenters. The zero-order chi connectivity index (χ0) is 13.1. The van der Waals surface area contributed by atoms with Crippen LogP contribution in [0.15, 0.2) is 28.8 Å². The molecule has 1 heterocycles. The lowest BCUT2D eigenvalue weighted by Crippen LogP contribution is -2.18. The highest BCUT2D eigenvalue weighted by Crippen LogP contribution is 2.16. The number of hydrogen-bond donors (Lipinski definition) is 1. The van der Waals surface area contributed by atoms with E-state index in [-0.39, 0.29) is 11.9 Å².